The number of carbonyl (C=O) groups excluding carboxylic acids is 2. The Morgan fingerprint density at radius 2 is 1.95 bits per heavy atom. The predicted molar refractivity (Wildman–Crippen MR) is 81.9 cm³/mol. The van der Waals surface area contributed by atoms with Gasteiger partial charge < -0.3 is 11.1 Å². The molecule has 0 saturated carbocycles. The largest absolute Gasteiger partial charge is 0.368 e. The van der Waals surface area contributed by atoms with Crippen molar-refractivity contribution in [1.29, 1.82) is 0 Å². The number of thioether (sulfide) groups is 1. The van der Waals surface area contributed by atoms with Gasteiger partial charge in [0.2, 0.25) is 11.9 Å². The fraction of sp³-hybridized carbons (Fsp3) is 0.667. The van der Waals surface area contributed by atoms with Crippen LogP contribution in [0.4, 0.5) is 10.7 Å². The smallest absolute Gasteiger partial charge is 0.321 e. The Labute approximate surface area is 128 Å². The molecule has 0 aliphatic rings. The van der Waals surface area contributed by atoms with Crippen LogP contribution in [0.2, 0.25) is 0 Å². The van der Waals surface area contributed by atoms with Gasteiger partial charge in [0, 0.05) is 12.6 Å². The Bertz CT molecular complexity index is 500. The lowest BCUT2D eigenvalue weighted by molar-refractivity contribution is -0.117. The van der Waals surface area contributed by atoms with Crippen LogP contribution in [0.3, 0.4) is 0 Å². The molecular formula is C12H22N6O2S. The van der Waals surface area contributed by atoms with Crippen LogP contribution in [0.1, 0.15) is 33.7 Å². The van der Waals surface area contributed by atoms with Crippen LogP contribution in [-0.2, 0) is 4.79 Å². The topological polar surface area (TPSA) is 115 Å². The Morgan fingerprint density at radius 1 is 1.29 bits per heavy atom. The molecule has 8 nitrogen and oxygen atoms in total. The third-order valence-corrected chi connectivity index (χ3v) is 3.41. The molecule has 21 heavy (non-hydrogen) atoms. The summed E-state index contributed by atoms with van der Waals surface area (Å²) in [6.07, 6.45) is 0. The maximum absolute atomic E-state index is 11.7. The van der Waals surface area contributed by atoms with Crippen LogP contribution in [-0.4, -0.2) is 39.0 Å². The summed E-state index contributed by atoms with van der Waals surface area (Å²) in [4.78, 5) is 23.1. The number of hydrogen-bond donors (Lipinski definition) is 3. The molecule has 0 radical (unpaired) electrons. The fourth-order valence-electron chi connectivity index (χ4n) is 1.51. The van der Waals surface area contributed by atoms with E-state index in [2.05, 4.69) is 20.8 Å². The quantitative estimate of drug-likeness (QED) is 0.675. The summed E-state index contributed by atoms with van der Waals surface area (Å²) in [5.41, 5.74) is 5.71. The summed E-state index contributed by atoms with van der Waals surface area (Å²) in [6, 6.07) is -0.390. The Morgan fingerprint density at radius 3 is 2.52 bits per heavy atom. The molecule has 9 heteroatoms. The Kier molecular flexibility index (Phi) is 6.47. The average Bonchev–Trinajstić information content (AvgIpc) is 2.75. The fourth-order valence-corrected chi connectivity index (χ4v) is 2.38. The molecule has 0 spiro atoms. The first-order valence-electron chi connectivity index (χ1n) is 6.72. The van der Waals surface area contributed by atoms with Crippen LogP contribution < -0.4 is 16.4 Å². The number of hydrogen-bond acceptors (Lipinski definition) is 6. The molecule has 118 valence electrons. The van der Waals surface area contributed by atoms with E-state index in [9.17, 15) is 9.59 Å². The lowest BCUT2D eigenvalue weighted by atomic mass is 10.2. The van der Waals surface area contributed by atoms with Gasteiger partial charge >= 0.3 is 6.03 Å². The van der Waals surface area contributed by atoms with Gasteiger partial charge in [-0.3, -0.25) is 14.7 Å². The van der Waals surface area contributed by atoms with Gasteiger partial charge in [-0.25, -0.2) is 4.79 Å². The molecule has 0 aliphatic carbocycles. The van der Waals surface area contributed by atoms with E-state index < -0.39 is 11.9 Å². The first kappa shape index (κ1) is 17.3. The van der Waals surface area contributed by atoms with Gasteiger partial charge in [-0.05, 0) is 19.8 Å². The molecule has 0 aromatic carbocycles. The summed E-state index contributed by atoms with van der Waals surface area (Å²) in [6.45, 7) is 8.36. The van der Waals surface area contributed by atoms with Gasteiger partial charge in [0.25, 0.3) is 0 Å². The van der Waals surface area contributed by atoms with Crippen LogP contribution in [0, 0.1) is 5.92 Å². The standard InChI is InChI=1S/C12H22N6O2S/c1-7(2)5-14-11(20)15-9(19)6-21-12-17-16-10(13)18(12)8(3)4/h7-8H,5-6H2,1-4H3,(H2,13,16)(H2,14,15,19,20). The second-order valence-corrected chi connectivity index (χ2v) is 6.19. The van der Waals surface area contributed by atoms with Gasteiger partial charge in [-0.15, -0.1) is 10.2 Å². The van der Waals surface area contributed by atoms with Crippen molar-refractivity contribution in [2.75, 3.05) is 18.0 Å². The van der Waals surface area contributed by atoms with Crippen molar-refractivity contribution in [2.45, 2.75) is 38.9 Å². The van der Waals surface area contributed by atoms with Crippen LogP contribution >= 0.6 is 11.8 Å². The van der Waals surface area contributed by atoms with E-state index in [-0.39, 0.29) is 11.8 Å². The van der Waals surface area contributed by atoms with Crippen molar-refractivity contribution in [3.63, 3.8) is 0 Å². The first-order chi connectivity index (χ1) is 9.81. The number of nitrogen functional groups attached to an aromatic ring is 1. The Hall–Kier alpha value is -1.77. The number of aromatic nitrogens is 3. The zero-order valence-corrected chi connectivity index (χ0v) is 13.5. The highest BCUT2D eigenvalue weighted by Crippen LogP contribution is 2.22. The summed E-state index contributed by atoms with van der Waals surface area (Å²) >= 11 is 1.19. The van der Waals surface area contributed by atoms with Crippen LogP contribution in [0.25, 0.3) is 0 Å². The number of carbonyl (C=O) groups is 2. The summed E-state index contributed by atoms with van der Waals surface area (Å²) in [7, 11) is 0. The number of nitrogens with one attached hydrogen (secondary N) is 2. The number of nitrogens with zero attached hydrogens (tertiary/aromatic N) is 3. The molecule has 1 rings (SSSR count). The van der Waals surface area contributed by atoms with Gasteiger partial charge in [0.1, 0.15) is 0 Å². The van der Waals surface area contributed by atoms with Crippen molar-refractivity contribution < 1.29 is 9.59 Å². The first-order valence-corrected chi connectivity index (χ1v) is 7.70. The molecule has 3 amide bonds. The average molecular weight is 314 g/mol. The van der Waals surface area contributed by atoms with E-state index in [1.54, 1.807) is 4.57 Å². The molecule has 1 heterocycles. The summed E-state index contributed by atoms with van der Waals surface area (Å²) < 4.78 is 1.73. The van der Waals surface area contributed by atoms with E-state index in [1.807, 2.05) is 27.7 Å². The van der Waals surface area contributed by atoms with Crippen molar-refractivity contribution in [3.8, 4) is 0 Å². The third-order valence-electron chi connectivity index (χ3n) is 2.46. The monoisotopic (exact) mass is 314 g/mol. The van der Waals surface area contributed by atoms with Gasteiger partial charge in [0.15, 0.2) is 5.16 Å². The predicted octanol–water partition coefficient (Wildman–Crippen LogP) is 1.02. The molecule has 0 aliphatic heterocycles. The molecule has 0 atom stereocenters. The highest BCUT2D eigenvalue weighted by atomic mass is 32.2. The maximum Gasteiger partial charge on any atom is 0.321 e. The van der Waals surface area contributed by atoms with Crippen molar-refractivity contribution >= 4 is 29.6 Å². The molecule has 1 aromatic rings. The van der Waals surface area contributed by atoms with Crippen molar-refractivity contribution in [3.05, 3.63) is 0 Å². The number of nitrogens with two attached hydrogens (primary N) is 1. The van der Waals surface area contributed by atoms with Crippen molar-refractivity contribution in [1.82, 2.24) is 25.4 Å². The number of rotatable bonds is 6. The van der Waals surface area contributed by atoms with E-state index in [0.29, 0.717) is 23.6 Å². The maximum atomic E-state index is 11.7. The van der Waals surface area contributed by atoms with Gasteiger partial charge in [0.05, 0.1) is 5.75 Å². The molecule has 0 saturated heterocycles. The molecule has 0 unspecified atom stereocenters. The third kappa shape index (κ3) is 5.62. The van der Waals surface area contributed by atoms with Gasteiger partial charge in [-0.1, -0.05) is 25.6 Å². The normalized spacial score (nSPS) is 11.0. The minimum absolute atomic E-state index is 0.0694. The molecule has 0 fully saturated rings. The van der Waals surface area contributed by atoms with Gasteiger partial charge in [-0.2, -0.15) is 0 Å². The second-order valence-electron chi connectivity index (χ2n) is 5.25. The van der Waals surface area contributed by atoms with E-state index in [0.717, 1.165) is 0 Å². The zero-order chi connectivity index (χ0) is 16.0. The van der Waals surface area contributed by atoms with Crippen molar-refractivity contribution in [2.24, 2.45) is 5.92 Å². The zero-order valence-electron chi connectivity index (χ0n) is 12.7. The SMILES string of the molecule is CC(C)CNC(=O)NC(=O)CSc1nnc(N)n1C(C)C. The number of amides is 3. The van der Waals surface area contributed by atoms with E-state index in [1.165, 1.54) is 11.8 Å². The minimum Gasteiger partial charge on any atom is -0.368 e. The summed E-state index contributed by atoms with van der Waals surface area (Å²) in [5.74, 6) is 0.313. The molecule has 0 bridgehead atoms. The Balaban J connectivity index is 2.45. The molecular weight excluding hydrogens is 292 g/mol. The number of anilines is 1. The molecule has 1 aromatic heterocycles. The minimum atomic E-state index is -0.487. The van der Waals surface area contributed by atoms with Crippen LogP contribution in [0.15, 0.2) is 5.16 Å². The number of imide groups is 1. The summed E-state index contributed by atoms with van der Waals surface area (Å²) in [5, 5.41) is 13.1. The lowest BCUT2D eigenvalue weighted by Gasteiger charge is -2.11. The second kappa shape index (κ2) is 7.87. The highest BCUT2D eigenvalue weighted by molar-refractivity contribution is 7.99. The number of urea groups is 1. The lowest BCUT2D eigenvalue weighted by Crippen LogP contribution is -2.41. The van der Waals surface area contributed by atoms with Crippen LogP contribution in [0.5, 0.6) is 0 Å². The van der Waals surface area contributed by atoms with E-state index in [4.69, 9.17) is 5.73 Å². The van der Waals surface area contributed by atoms with E-state index >= 15 is 0 Å². The highest BCUT2D eigenvalue weighted by Gasteiger charge is 2.15. The molecule has 4 N–H and O–H groups in total.